The average Bonchev–Trinajstić information content (AvgIpc) is 2.81. The van der Waals surface area contributed by atoms with Gasteiger partial charge in [0.1, 0.15) is 11.0 Å². The number of aliphatic hydroxyl groups is 1. The van der Waals surface area contributed by atoms with Crippen LogP contribution >= 0.6 is 11.8 Å². The van der Waals surface area contributed by atoms with Crippen molar-refractivity contribution in [2.75, 3.05) is 37.9 Å². The lowest BCUT2D eigenvalue weighted by Gasteiger charge is -2.21. The first kappa shape index (κ1) is 15.9. The van der Waals surface area contributed by atoms with Crippen LogP contribution in [0.5, 0.6) is 0 Å². The smallest absolute Gasteiger partial charge is 0.276 e. The number of nitrogens with one attached hydrogen (secondary N) is 2. The highest BCUT2D eigenvalue weighted by atomic mass is 32.2. The van der Waals surface area contributed by atoms with Crippen LogP contribution in [0.3, 0.4) is 0 Å². The van der Waals surface area contributed by atoms with Crippen LogP contribution in [0.15, 0.2) is 11.0 Å². The van der Waals surface area contributed by atoms with Crippen molar-refractivity contribution < 1.29 is 5.11 Å². The molecule has 0 aliphatic heterocycles. The standard InChI is InChI=1S/C13H21N5O2S/c1-18(4-8(6-19)7-21-2)5-9-3-15-11-10(9)16-13(14)17-12(11)20/h3,8,15,19H,4-7H2,1-2H3,(H3,14,16,17,20). The fourth-order valence-corrected chi connectivity index (χ4v) is 3.08. The maximum Gasteiger partial charge on any atom is 0.276 e. The van der Waals surface area contributed by atoms with Gasteiger partial charge in [-0.1, -0.05) is 0 Å². The summed E-state index contributed by atoms with van der Waals surface area (Å²) in [5.74, 6) is 1.27. The van der Waals surface area contributed by atoms with Crippen LogP contribution in [0.1, 0.15) is 5.56 Å². The van der Waals surface area contributed by atoms with Gasteiger partial charge in [-0.15, -0.1) is 0 Å². The normalized spacial score (nSPS) is 13.1. The second-order valence-corrected chi connectivity index (χ2v) is 6.10. The Kier molecular flexibility index (Phi) is 5.27. The predicted molar refractivity (Wildman–Crippen MR) is 86.4 cm³/mol. The molecule has 0 bridgehead atoms. The number of aromatic amines is 2. The SMILES string of the molecule is CSCC(CO)CN(C)Cc1c[nH]c2c(=O)[nH]c(N)nc12. The third kappa shape index (κ3) is 3.78. The van der Waals surface area contributed by atoms with E-state index in [-0.39, 0.29) is 24.0 Å². The fraction of sp³-hybridized carbons (Fsp3) is 0.538. The molecule has 8 heteroatoms. The van der Waals surface area contributed by atoms with Gasteiger partial charge in [0.25, 0.3) is 5.56 Å². The second kappa shape index (κ2) is 6.97. The van der Waals surface area contributed by atoms with E-state index in [1.807, 2.05) is 13.3 Å². The molecule has 5 N–H and O–H groups in total. The zero-order valence-corrected chi connectivity index (χ0v) is 13.0. The summed E-state index contributed by atoms with van der Waals surface area (Å²) >= 11 is 1.72. The maximum atomic E-state index is 11.8. The Hall–Kier alpha value is -1.51. The van der Waals surface area contributed by atoms with E-state index in [0.717, 1.165) is 17.9 Å². The predicted octanol–water partition coefficient (Wildman–Crippen LogP) is 0.237. The molecule has 0 saturated carbocycles. The lowest BCUT2D eigenvalue weighted by atomic mass is 10.1. The zero-order chi connectivity index (χ0) is 15.4. The summed E-state index contributed by atoms with van der Waals surface area (Å²) in [6, 6.07) is 0. The van der Waals surface area contributed by atoms with Crippen LogP contribution in [0.4, 0.5) is 5.95 Å². The molecule has 1 unspecified atom stereocenters. The van der Waals surface area contributed by atoms with Gasteiger partial charge in [0, 0.05) is 37.4 Å². The molecule has 2 aromatic heterocycles. The first-order chi connectivity index (χ1) is 10.0. The van der Waals surface area contributed by atoms with Gasteiger partial charge in [0.05, 0.1) is 0 Å². The highest BCUT2D eigenvalue weighted by Gasteiger charge is 2.14. The van der Waals surface area contributed by atoms with E-state index in [2.05, 4.69) is 19.9 Å². The number of anilines is 1. The molecule has 0 radical (unpaired) electrons. The number of rotatable bonds is 7. The van der Waals surface area contributed by atoms with Gasteiger partial charge in [-0.3, -0.25) is 9.78 Å². The number of nitrogens with zero attached hydrogens (tertiary/aromatic N) is 2. The summed E-state index contributed by atoms with van der Waals surface area (Å²) in [5.41, 5.74) is 7.30. The van der Waals surface area contributed by atoms with Crippen molar-refractivity contribution in [2.24, 2.45) is 5.92 Å². The number of hydrogen-bond donors (Lipinski definition) is 4. The molecule has 0 saturated heterocycles. The van der Waals surface area contributed by atoms with Crippen molar-refractivity contribution in [2.45, 2.75) is 6.54 Å². The number of hydrogen-bond acceptors (Lipinski definition) is 6. The van der Waals surface area contributed by atoms with Crippen LogP contribution in [0, 0.1) is 5.92 Å². The van der Waals surface area contributed by atoms with Crippen LogP contribution in [-0.2, 0) is 6.54 Å². The number of H-pyrrole nitrogens is 2. The van der Waals surface area contributed by atoms with Gasteiger partial charge in [-0.2, -0.15) is 11.8 Å². The number of aromatic nitrogens is 3. The van der Waals surface area contributed by atoms with Gasteiger partial charge >= 0.3 is 0 Å². The van der Waals surface area contributed by atoms with Crippen molar-refractivity contribution in [3.63, 3.8) is 0 Å². The molecule has 116 valence electrons. The minimum atomic E-state index is -0.262. The monoisotopic (exact) mass is 311 g/mol. The first-order valence-corrected chi connectivity index (χ1v) is 8.08. The Labute approximate surface area is 126 Å². The van der Waals surface area contributed by atoms with Gasteiger partial charge < -0.3 is 20.7 Å². The Morgan fingerprint density at radius 3 is 3.00 bits per heavy atom. The minimum Gasteiger partial charge on any atom is -0.396 e. The van der Waals surface area contributed by atoms with E-state index in [1.165, 1.54) is 0 Å². The molecular weight excluding hydrogens is 290 g/mol. The Bertz CT molecular complexity index is 654. The first-order valence-electron chi connectivity index (χ1n) is 6.69. The molecule has 0 spiro atoms. The van der Waals surface area contributed by atoms with Crippen LogP contribution < -0.4 is 11.3 Å². The number of nitrogen functional groups attached to an aromatic ring is 1. The average molecular weight is 311 g/mol. The van der Waals surface area contributed by atoms with Crippen molar-refractivity contribution in [1.82, 2.24) is 19.9 Å². The number of thioether (sulfide) groups is 1. The molecule has 1 atom stereocenters. The van der Waals surface area contributed by atoms with Crippen molar-refractivity contribution in [1.29, 1.82) is 0 Å². The van der Waals surface area contributed by atoms with Crippen molar-refractivity contribution >= 4 is 28.7 Å². The highest BCUT2D eigenvalue weighted by molar-refractivity contribution is 7.98. The number of fused-ring (bicyclic) bond motifs is 1. The molecule has 2 heterocycles. The van der Waals surface area contributed by atoms with Gasteiger partial charge in [0.15, 0.2) is 0 Å². The molecule has 2 rings (SSSR count). The summed E-state index contributed by atoms with van der Waals surface area (Å²) in [6.45, 7) is 1.59. The minimum absolute atomic E-state index is 0.117. The Morgan fingerprint density at radius 2 is 2.33 bits per heavy atom. The number of aliphatic hydroxyl groups excluding tert-OH is 1. The molecular formula is C13H21N5O2S. The topological polar surface area (TPSA) is 111 Å². The largest absolute Gasteiger partial charge is 0.396 e. The van der Waals surface area contributed by atoms with Gasteiger partial charge in [0.2, 0.25) is 5.95 Å². The summed E-state index contributed by atoms with van der Waals surface area (Å²) in [6.07, 6.45) is 3.81. The van der Waals surface area contributed by atoms with Gasteiger partial charge in [-0.05, 0) is 19.1 Å². The zero-order valence-electron chi connectivity index (χ0n) is 12.2. The summed E-state index contributed by atoms with van der Waals surface area (Å²) in [4.78, 5) is 23.5. The maximum absolute atomic E-state index is 11.8. The molecule has 2 aromatic rings. The molecule has 0 aromatic carbocycles. The quantitative estimate of drug-likeness (QED) is 0.583. The van der Waals surface area contributed by atoms with Crippen molar-refractivity contribution in [3.8, 4) is 0 Å². The molecule has 0 aliphatic rings. The van der Waals surface area contributed by atoms with E-state index < -0.39 is 0 Å². The van der Waals surface area contributed by atoms with Crippen LogP contribution in [0.2, 0.25) is 0 Å². The second-order valence-electron chi connectivity index (χ2n) is 5.19. The molecule has 0 amide bonds. The van der Waals surface area contributed by atoms with Crippen LogP contribution in [0.25, 0.3) is 11.0 Å². The summed E-state index contributed by atoms with van der Waals surface area (Å²) in [7, 11) is 1.98. The van der Waals surface area contributed by atoms with E-state index >= 15 is 0 Å². The Morgan fingerprint density at radius 1 is 1.57 bits per heavy atom. The summed E-state index contributed by atoms with van der Waals surface area (Å²) < 4.78 is 0. The highest BCUT2D eigenvalue weighted by Crippen LogP contribution is 2.16. The fourth-order valence-electron chi connectivity index (χ4n) is 2.40. The van der Waals surface area contributed by atoms with E-state index in [1.54, 1.807) is 18.0 Å². The van der Waals surface area contributed by atoms with E-state index in [9.17, 15) is 9.90 Å². The lowest BCUT2D eigenvalue weighted by molar-refractivity contribution is 0.190. The Balaban J connectivity index is 2.14. The van der Waals surface area contributed by atoms with E-state index in [0.29, 0.717) is 17.6 Å². The molecule has 7 nitrogen and oxygen atoms in total. The van der Waals surface area contributed by atoms with E-state index in [4.69, 9.17) is 5.73 Å². The third-order valence-electron chi connectivity index (χ3n) is 3.30. The van der Waals surface area contributed by atoms with Crippen LogP contribution in [-0.4, -0.2) is 57.2 Å². The van der Waals surface area contributed by atoms with Crippen molar-refractivity contribution in [3.05, 3.63) is 22.1 Å². The third-order valence-corrected chi connectivity index (χ3v) is 4.11. The van der Waals surface area contributed by atoms with Gasteiger partial charge in [-0.25, -0.2) is 4.98 Å². The molecule has 0 aliphatic carbocycles. The molecule has 0 fully saturated rings. The molecule has 21 heavy (non-hydrogen) atoms. The summed E-state index contributed by atoms with van der Waals surface area (Å²) in [5, 5.41) is 9.36. The number of nitrogens with two attached hydrogens (primary N) is 1. The lowest BCUT2D eigenvalue weighted by Crippen LogP contribution is -2.28.